The topological polar surface area (TPSA) is 106 Å². The van der Waals surface area contributed by atoms with Crippen molar-refractivity contribution in [2.45, 2.75) is 19.6 Å². The molecule has 2 amide bonds. The van der Waals surface area contributed by atoms with Crippen LogP contribution in [0.5, 0.6) is 0 Å². The minimum atomic E-state index is -0.669. The number of aliphatic hydroxyl groups excluding tert-OH is 1. The van der Waals surface area contributed by atoms with Crippen molar-refractivity contribution in [2.75, 3.05) is 11.4 Å². The van der Waals surface area contributed by atoms with Crippen LogP contribution in [-0.2, 0) is 16.1 Å². The predicted octanol–water partition coefficient (Wildman–Crippen LogP) is 3.56. The highest BCUT2D eigenvalue weighted by Gasteiger charge is 2.37. The number of ether oxygens (including phenoxy) is 1. The van der Waals surface area contributed by atoms with Crippen molar-refractivity contribution >= 4 is 29.0 Å². The molecule has 1 saturated heterocycles. The summed E-state index contributed by atoms with van der Waals surface area (Å²) >= 11 is 1.43. The van der Waals surface area contributed by atoms with E-state index in [1.165, 1.54) is 22.3 Å². The fourth-order valence-electron chi connectivity index (χ4n) is 3.35. The van der Waals surface area contributed by atoms with E-state index in [1.807, 2.05) is 12.1 Å². The Hall–Kier alpha value is -3.30. The number of halogens is 1. The van der Waals surface area contributed by atoms with E-state index in [-0.39, 0.29) is 13.2 Å². The molecule has 0 radical (unpaired) electrons. The number of amides is 2. The lowest BCUT2D eigenvalue weighted by molar-refractivity contribution is -0.123. The first kappa shape index (κ1) is 21.0. The molecule has 1 aromatic heterocycles. The highest BCUT2D eigenvalue weighted by molar-refractivity contribution is 7.13. The molecule has 9 heteroatoms. The zero-order valence-electron chi connectivity index (χ0n) is 16.6. The van der Waals surface area contributed by atoms with Crippen molar-refractivity contribution < 1.29 is 23.8 Å². The van der Waals surface area contributed by atoms with Gasteiger partial charge in [0.2, 0.25) is 5.91 Å². The number of primary amides is 1. The lowest BCUT2D eigenvalue weighted by Gasteiger charge is -2.16. The van der Waals surface area contributed by atoms with Crippen molar-refractivity contribution in [2.24, 2.45) is 11.7 Å². The average molecular weight is 441 g/mol. The van der Waals surface area contributed by atoms with Crippen molar-refractivity contribution in [3.63, 3.8) is 0 Å². The molecule has 0 saturated carbocycles. The number of benzene rings is 2. The summed E-state index contributed by atoms with van der Waals surface area (Å²) in [5.41, 5.74) is 8.19. The van der Waals surface area contributed by atoms with Gasteiger partial charge < -0.3 is 15.6 Å². The molecular weight excluding hydrogens is 421 g/mol. The highest BCUT2D eigenvalue weighted by atomic mass is 32.1. The van der Waals surface area contributed by atoms with Crippen LogP contribution in [0.25, 0.3) is 21.7 Å². The number of rotatable bonds is 6. The number of thiazole rings is 1. The van der Waals surface area contributed by atoms with Crippen LogP contribution in [0.15, 0.2) is 47.8 Å². The van der Waals surface area contributed by atoms with Gasteiger partial charge in [-0.2, -0.15) is 0 Å². The number of cyclic esters (lactones) is 1. The molecule has 0 aliphatic carbocycles. The van der Waals surface area contributed by atoms with Crippen LogP contribution in [-0.4, -0.2) is 34.7 Å². The largest absolute Gasteiger partial charge is 0.443 e. The third-order valence-corrected chi connectivity index (χ3v) is 6.20. The van der Waals surface area contributed by atoms with Gasteiger partial charge in [-0.05, 0) is 30.7 Å². The molecule has 1 unspecified atom stereocenters. The Labute approximate surface area is 181 Å². The Bertz CT molecular complexity index is 1130. The van der Waals surface area contributed by atoms with Gasteiger partial charge in [-0.25, -0.2) is 14.2 Å². The number of anilines is 1. The maximum absolute atomic E-state index is 14.9. The van der Waals surface area contributed by atoms with E-state index in [1.54, 1.807) is 36.6 Å². The average Bonchev–Trinajstić information content (AvgIpc) is 3.40. The molecular formula is C22H20FN3O4S. The summed E-state index contributed by atoms with van der Waals surface area (Å²) in [5.74, 6) is -1.68. The van der Waals surface area contributed by atoms with Crippen molar-refractivity contribution in [3.05, 3.63) is 59.4 Å². The summed E-state index contributed by atoms with van der Waals surface area (Å²) in [6, 6.07) is 11.8. The molecule has 160 valence electrons. The Morgan fingerprint density at radius 1 is 1.32 bits per heavy atom. The number of carbonyl (C=O) groups is 2. The third kappa shape index (κ3) is 4.14. The van der Waals surface area contributed by atoms with Crippen LogP contribution in [0.3, 0.4) is 0 Å². The molecule has 7 nitrogen and oxygen atoms in total. The maximum atomic E-state index is 14.9. The van der Waals surface area contributed by atoms with Crippen LogP contribution in [0.2, 0.25) is 0 Å². The number of hydrogen-bond acceptors (Lipinski definition) is 6. The maximum Gasteiger partial charge on any atom is 0.414 e. The lowest BCUT2D eigenvalue weighted by Crippen LogP contribution is -2.34. The van der Waals surface area contributed by atoms with Gasteiger partial charge in [0.15, 0.2) is 0 Å². The Morgan fingerprint density at radius 2 is 2.03 bits per heavy atom. The van der Waals surface area contributed by atoms with E-state index < -0.39 is 29.8 Å². The first-order valence-electron chi connectivity index (χ1n) is 9.60. The Morgan fingerprint density at radius 3 is 2.65 bits per heavy atom. The zero-order valence-corrected chi connectivity index (χ0v) is 17.4. The number of carbonyl (C=O) groups excluding carboxylic acids is 2. The van der Waals surface area contributed by atoms with Gasteiger partial charge in [0.25, 0.3) is 0 Å². The van der Waals surface area contributed by atoms with Crippen molar-refractivity contribution in [3.8, 4) is 21.7 Å². The van der Waals surface area contributed by atoms with Crippen molar-refractivity contribution in [1.29, 1.82) is 0 Å². The molecule has 4 rings (SSSR count). The highest BCUT2D eigenvalue weighted by Crippen LogP contribution is 2.32. The molecule has 2 aromatic carbocycles. The zero-order chi connectivity index (χ0) is 22.1. The molecule has 31 heavy (non-hydrogen) atoms. The smallest absolute Gasteiger partial charge is 0.414 e. The fraction of sp³-hybridized carbons (Fsp3) is 0.227. The van der Waals surface area contributed by atoms with Crippen LogP contribution >= 0.6 is 11.3 Å². The van der Waals surface area contributed by atoms with Crippen LogP contribution in [0.4, 0.5) is 14.9 Å². The van der Waals surface area contributed by atoms with E-state index in [4.69, 9.17) is 15.6 Å². The first-order chi connectivity index (χ1) is 14.9. The SMILES string of the molecule is CC(C(N)=O)[C@H]1CN(c2ccc(-c3ccc(-c4nc(CO)cs4)cc3)c(F)c2)C(=O)O1. The van der Waals surface area contributed by atoms with Crippen LogP contribution < -0.4 is 10.6 Å². The quantitative estimate of drug-likeness (QED) is 0.609. The van der Waals surface area contributed by atoms with Crippen LogP contribution in [0.1, 0.15) is 12.6 Å². The van der Waals surface area contributed by atoms with E-state index in [9.17, 15) is 14.0 Å². The summed E-state index contributed by atoms with van der Waals surface area (Å²) in [5, 5.41) is 11.7. The Balaban J connectivity index is 1.54. The van der Waals surface area contributed by atoms with Gasteiger partial charge in [-0.1, -0.05) is 24.3 Å². The van der Waals surface area contributed by atoms with Gasteiger partial charge in [0.1, 0.15) is 16.9 Å². The van der Waals surface area contributed by atoms with Crippen molar-refractivity contribution in [1.82, 2.24) is 4.98 Å². The number of nitrogens with two attached hydrogens (primary N) is 1. The van der Waals surface area contributed by atoms with E-state index >= 15 is 0 Å². The summed E-state index contributed by atoms with van der Waals surface area (Å²) in [6.45, 7) is 1.60. The normalized spacial score (nSPS) is 16.9. The molecule has 1 aliphatic heterocycles. The minimum Gasteiger partial charge on any atom is -0.443 e. The second kappa shape index (κ2) is 8.44. The second-order valence-corrected chi connectivity index (χ2v) is 8.13. The lowest BCUT2D eigenvalue weighted by atomic mass is 10.0. The molecule has 1 aliphatic rings. The fourth-order valence-corrected chi connectivity index (χ4v) is 4.17. The molecule has 2 atom stereocenters. The van der Waals surface area contributed by atoms with Gasteiger partial charge in [-0.15, -0.1) is 11.3 Å². The number of aliphatic hydroxyl groups is 1. The molecule has 1 fully saturated rings. The summed E-state index contributed by atoms with van der Waals surface area (Å²) in [6.07, 6.45) is -1.31. The standard InChI is InChI=1S/C22H20FN3O4S/c1-12(20(24)28)19-9-26(22(29)30-19)16-6-7-17(18(23)8-16)13-2-4-14(5-3-13)21-25-15(10-27)11-31-21/h2-8,11-12,19,27H,9-10H2,1H3,(H2,24,28)/t12?,19-/m1/s1. The molecule has 3 aromatic rings. The third-order valence-electron chi connectivity index (χ3n) is 5.26. The Kier molecular flexibility index (Phi) is 5.71. The summed E-state index contributed by atoms with van der Waals surface area (Å²) in [4.78, 5) is 29.2. The number of aromatic nitrogens is 1. The van der Waals surface area contributed by atoms with E-state index in [0.29, 0.717) is 22.5 Å². The molecule has 2 heterocycles. The monoisotopic (exact) mass is 441 g/mol. The number of hydrogen-bond donors (Lipinski definition) is 2. The minimum absolute atomic E-state index is 0.112. The summed E-state index contributed by atoms with van der Waals surface area (Å²) < 4.78 is 20.1. The second-order valence-electron chi connectivity index (χ2n) is 7.27. The molecule has 0 bridgehead atoms. The van der Waals surface area contributed by atoms with E-state index in [2.05, 4.69) is 4.98 Å². The van der Waals surface area contributed by atoms with E-state index in [0.717, 1.165) is 10.6 Å². The van der Waals surface area contributed by atoms with Gasteiger partial charge in [0.05, 0.1) is 30.5 Å². The predicted molar refractivity (Wildman–Crippen MR) is 115 cm³/mol. The van der Waals surface area contributed by atoms with Gasteiger partial charge in [0, 0.05) is 16.5 Å². The van der Waals surface area contributed by atoms with Gasteiger partial charge in [-0.3, -0.25) is 9.69 Å². The summed E-state index contributed by atoms with van der Waals surface area (Å²) in [7, 11) is 0. The van der Waals surface area contributed by atoms with Crippen LogP contribution in [0, 0.1) is 11.7 Å². The molecule has 0 spiro atoms. The number of nitrogens with zero attached hydrogens (tertiary/aromatic N) is 2. The van der Waals surface area contributed by atoms with Gasteiger partial charge >= 0.3 is 6.09 Å². The first-order valence-corrected chi connectivity index (χ1v) is 10.5. The molecule has 3 N–H and O–H groups in total.